The Bertz CT molecular complexity index is 673. The summed E-state index contributed by atoms with van der Waals surface area (Å²) in [5.74, 6) is 0.964. The molecule has 0 saturated carbocycles. The Morgan fingerprint density at radius 2 is 2.04 bits per heavy atom. The minimum absolute atomic E-state index is 0.0280. The third kappa shape index (κ3) is 3.38. The van der Waals surface area contributed by atoms with Crippen LogP contribution in [-0.2, 0) is 4.79 Å². The fourth-order valence-corrected chi connectivity index (χ4v) is 3.78. The van der Waals surface area contributed by atoms with Gasteiger partial charge in [0.25, 0.3) is 5.91 Å². The van der Waals surface area contributed by atoms with Crippen LogP contribution in [0.25, 0.3) is 0 Å². The van der Waals surface area contributed by atoms with Crippen LogP contribution in [0, 0.1) is 5.92 Å². The molecule has 1 aliphatic rings. The van der Waals surface area contributed by atoms with Crippen LogP contribution in [0.3, 0.4) is 0 Å². The molecule has 0 spiro atoms. The highest BCUT2D eigenvalue weighted by atomic mass is 32.1. The van der Waals surface area contributed by atoms with Gasteiger partial charge in [0, 0.05) is 26.1 Å². The molecule has 0 aliphatic carbocycles. The normalized spacial score (nSPS) is 16.8. The largest absolute Gasteiger partial charge is 0.467 e. The molecule has 5 nitrogen and oxygen atoms in total. The van der Waals surface area contributed by atoms with Crippen LogP contribution >= 0.6 is 11.3 Å². The summed E-state index contributed by atoms with van der Waals surface area (Å²) in [4.78, 5) is 29.5. The van der Waals surface area contributed by atoms with Gasteiger partial charge in [-0.15, -0.1) is 11.3 Å². The number of thiophene rings is 1. The van der Waals surface area contributed by atoms with Gasteiger partial charge >= 0.3 is 0 Å². The Morgan fingerprint density at radius 1 is 1.29 bits per heavy atom. The molecule has 0 radical (unpaired) electrons. The third-order valence-corrected chi connectivity index (χ3v) is 5.60. The van der Waals surface area contributed by atoms with Crippen LogP contribution in [0.1, 0.15) is 41.2 Å². The molecule has 24 heavy (non-hydrogen) atoms. The minimum atomic E-state index is -0.0849. The SMILES string of the molecule is CC(c1ccco1)N(C)C(=O)C1CCN(C(=O)c2cccs2)CC1. The van der Waals surface area contributed by atoms with E-state index in [1.165, 1.54) is 11.3 Å². The molecule has 0 bridgehead atoms. The number of hydrogen-bond acceptors (Lipinski definition) is 4. The molecule has 3 rings (SSSR count). The van der Waals surface area contributed by atoms with Crippen LogP contribution in [0.4, 0.5) is 0 Å². The first-order valence-electron chi connectivity index (χ1n) is 8.20. The van der Waals surface area contributed by atoms with Gasteiger partial charge in [0.2, 0.25) is 5.91 Å². The molecule has 2 aromatic heterocycles. The van der Waals surface area contributed by atoms with E-state index >= 15 is 0 Å². The van der Waals surface area contributed by atoms with Gasteiger partial charge in [-0.1, -0.05) is 6.07 Å². The second kappa shape index (κ2) is 7.21. The monoisotopic (exact) mass is 346 g/mol. The van der Waals surface area contributed by atoms with E-state index in [4.69, 9.17) is 4.42 Å². The summed E-state index contributed by atoms with van der Waals surface area (Å²) in [6.45, 7) is 3.23. The number of hydrogen-bond donors (Lipinski definition) is 0. The first kappa shape index (κ1) is 16.8. The van der Waals surface area contributed by atoms with Crippen molar-refractivity contribution >= 4 is 23.2 Å². The third-order valence-electron chi connectivity index (χ3n) is 4.75. The van der Waals surface area contributed by atoms with E-state index in [0.29, 0.717) is 25.9 Å². The lowest BCUT2D eigenvalue weighted by atomic mass is 9.94. The van der Waals surface area contributed by atoms with Gasteiger partial charge in [-0.3, -0.25) is 9.59 Å². The van der Waals surface area contributed by atoms with E-state index in [1.807, 2.05) is 48.5 Å². The molecule has 1 fully saturated rings. The number of carbonyl (C=O) groups excluding carboxylic acids is 2. The predicted molar refractivity (Wildman–Crippen MR) is 92.8 cm³/mol. The Balaban J connectivity index is 1.56. The molecule has 1 atom stereocenters. The van der Waals surface area contributed by atoms with Crippen molar-refractivity contribution in [1.82, 2.24) is 9.80 Å². The van der Waals surface area contributed by atoms with Gasteiger partial charge < -0.3 is 14.2 Å². The lowest BCUT2D eigenvalue weighted by molar-refractivity contribution is -0.137. The second-order valence-corrected chi connectivity index (χ2v) is 7.13. The fourth-order valence-electron chi connectivity index (χ4n) is 3.08. The molecule has 6 heteroatoms. The number of likely N-dealkylation sites (tertiary alicyclic amines) is 1. The maximum atomic E-state index is 12.7. The molecule has 0 aromatic carbocycles. The van der Waals surface area contributed by atoms with Gasteiger partial charge in [0.05, 0.1) is 17.2 Å². The second-order valence-electron chi connectivity index (χ2n) is 6.18. The topological polar surface area (TPSA) is 53.8 Å². The number of piperidine rings is 1. The predicted octanol–water partition coefficient (Wildman–Crippen LogP) is 3.41. The Hall–Kier alpha value is -2.08. The van der Waals surface area contributed by atoms with Crippen molar-refractivity contribution in [2.75, 3.05) is 20.1 Å². The van der Waals surface area contributed by atoms with Gasteiger partial charge in [-0.25, -0.2) is 0 Å². The summed E-state index contributed by atoms with van der Waals surface area (Å²) in [6.07, 6.45) is 3.05. The highest BCUT2D eigenvalue weighted by molar-refractivity contribution is 7.12. The number of rotatable bonds is 4. The number of amides is 2. The lowest BCUT2D eigenvalue weighted by Gasteiger charge is -2.34. The van der Waals surface area contributed by atoms with Crippen LogP contribution in [0.2, 0.25) is 0 Å². The van der Waals surface area contributed by atoms with E-state index in [2.05, 4.69) is 0 Å². The zero-order valence-electron chi connectivity index (χ0n) is 14.0. The average Bonchev–Trinajstić information content (AvgIpc) is 3.32. The summed E-state index contributed by atoms with van der Waals surface area (Å²) < 4.78 is 5.40. The van der Waals surface area contributed by atoms with Crippen molar-refractivity contribution in [3.63, 3.8) is 0 Å². The van der Waals surface area contributed by atoms with Gasteiger partial charge in [0.1, 0.15) is 5.76 Å². The molecule has 1 saturated heterocycles. The highest BCUT2D eigenvalue weighted by Gasteiger charge is 2.31. The van der Waals surface area contributed by atoms with Crippen molar-refractivity contribution < 1.29 is 14.0 Å². The van der Waals surface area contributed by atoms with Crippen LogP contribution in [0.5, 0.6) is 0 Å². The first-order chi connectivity index (χ1) is 11.6. The van der Waals surface area contributed by atoms with E-state index in [-0.39, 0.29) is 23.8 Å². The summed E-state index contributed by atoms with van der Waals surface area (Å²) in [5.41, 5.74) is 0. The summed E-state index contributed by atoms with van der Waals surface area (Å²) in [7, 11) is 1.82. The lowest BCUT2D eigenvalue weighted by Crippen LogP contribution is -2.43. The van der Waals surface area contributed by atoms with Crippen molar-refractivity contribution in [3.05, 3.63) is 46.5 Å². The van der Waals surface area contributed by atoms with Crippen molar-refractivity contribution in [2.24, 2.45) is 5.92 Å². The summed E-state index contributed by atoms with van der Waals surface area (Å²) in [6, 6.07) is 7.37. The first-order valence-corrected chi connectivity index (χ1v) is 9.08. The number of furan rings is 1. The van der Waals surface area contributed by atoms with Gasteiger partial charge in [-0.05, 0) is 43.3 Å². The maximum absolute atomic E-state index is 12.7. The molecule has 0 N–H and O–H groups in total. The Labute approximate surface area is 145 Å². The Kier molecular flexibility index (Phi) is 5.04. The summed E-state index contributed by atoms with van der Waals surface area (Å²) >= 11 is 1.46. The average molecular weight is 346 g/mol. The van der Waals surface area contributed by atoms with Crippen LogP contribution in [0.15, 0.2) is 40.3 Å². The fraction of sp³-hybridized carbons (Fsp3) is 0.444. The number of nitrogens with zero attached hydrogens (tertiary/aromatic N) is 2. The van der Waals surface area contributed by atoms with E-state index < -0.39 is 0 Å². The quantitative estimate of drug-likeness (QED) is 0.852. The molecular weight excluding hydrogens is 324 g/mol. The smallest absolute Gasteiger partial charge is 0.263 e. The van der Waals surface area contributed by atoms with Crippen LogP contribution < -0.4 is 0 Å². The highest BCUT2D eigenvalue weighted by Crippen LogP contribution is 2.26. The maximum Gasteiger partial charge on any atom is 0.263 e. The Morgan fingerprint density at radius 3 is 2.62 bits per heavy atom. The molecular formula is C18H22N2O3S. The molecule has 1 aliphatic heterocycles. The zero-order chi connectivity index (χ0) is 17.1. The zero-order valence-corrected chi connectivity index (χ0v) is 14.8. The minimum Gasteiger partial charge on any atom is -0.467 e. The standard InChI is InChI=1S/C18H22N2O3S/c1-13(15-5-3-11-23-15)19(2)17(21)14-7-9-20(10-8-14)18(22)16-6-4-12-24-16/h3-6,11-14H,7-10H2,1-2H3. The van der Waals surface area contributed by atoms with E-state index in [9.17, 15) is 9.59 Å². The summed E-state index contributed by atoms with van der Waals surface area (Å²) in [5, 5.41) is 1.91. The van der Waals surface area contributed by atoms with Gasteiger partial charge in [0.15, 0.2) is 0 Å². The van der Waals surface area contributed by atoms with Crippen LogP contribution in [-0.4, -0.2) is 41.8 Å². The van der Waals surface area contributed by atoms with Crippen molar-refractivity contribution in [2.45, 2.75) is 25.8 Å². The van der Waals surface area contributed by atoms with E-state index in [0.717, 1.165) is 10.6 Å². The van der Waals surface area contributed by atoms with Crippen molar-refractivity contribution in [1.29, 1.82) is 0 Å². The van der Waals surface area contributed by atoms with Gasteiger partial charge in [-0.2, -0.15) is 0 Å². The molecule has 3 heterocycles. The molecule has 1 unspecified atom stereocenters. The molecule has 128 valence electrons. The van der Waals surface area contributed by atoms with Crippen molar-refractivity contribution in [3.8, 4) is 0 Å². The number of carbonyl (C=O) groups is 2. The molecule has 2 aromatic rings. The van der Waals surface area contributed by atoms with E-state index in [1.54, 1.807) is 11.2 Å². The molecule has 2 amide bonds.